The van der Waals surface area contributed by atoms with Gasteiger partial charge in [0.15, 0.2) is 28.7 Å². The van der Waals surface area contributed by atoms with E-state index < -0.39 is 28.6 Å². The smallest absolute Gasteiger partial charge is 0.292 e. The van der Waals surface area contributed by atoms with Crippen molar-refractivity contribution in [2.24, 2.45) is 0 Å². The summed E-state index contributed by atoms with van der Waals surface area (Å²) in [7, 11) is 0. The number of nitro groups is 1. The van der Waals surface area contributed by atoms with E-state index in [1.54, 1.807) is 23.6 Å². The van der Waals surface area contributed by atoms with Gasteiger partial charge in [0, 0.05) is 18.7 Å². The molecule has 0 saturated heterocycles. The van der Waals surface area contributed by atoms with Crippen molar-refractivity contribution in [3.05, 3.63) is 82.7 Å². The van der Waals surface area contributed by atoms with E-state index in [2.05, 4.69) is 22.1 Å². The van der Waals surface area contributed by atoms with Gasteiger partial charge >= 0.3 is 0 Å². The van der Waals surface area contributed by atoms with Crippen LogP contribution in [0.5, 0.6) is 5.75 Å². The monoisotopic (exact) mass is 475 g/mol. The largest absolute Gasteiger partial charge is 0.480 e. The second kappa shape index (κ2) is 10.7. The fourth-order valence-electron chi connectivity index (χ4n) is 2.88. The van der Waals surface area contributed by atoms with Crippen molar-refractivity contribution < 1.29 is 23.2 Å². The second-order valence-electron chi connectivity index (χ2n) is 6.69. The molecular formula is C21H19F2N5O4S. The highest BCUT2D eigenvalue weighted by atomic mass is 32.2. The van der Waals surface area contributed by atoms with Gasteiger partial charge in [-0.2, -0.15) is 0 Å². The maximum absolute atomic E-state index is 13.9. The molecule has 0 fully saturated rings. The first-order valence-electron chi connectivity index (χ1n) is 9.62. The molecule has 0 aliphatic carbocycles. The van der Waals surface area contributed by atoms with Crippen LogP contribution in [0, 0.1) is 21.7 Å². The number of thioether (sulfide) groups is 1. The van der Waals surface area contributed by atoms with Gasteiger partial charge in [-0.3, -0.25) is 19.5 Å². The number of nitro benzene ring substituents is 1. The highest BCUT2D eigenvalue weighted by Gasteiger charge is 2.21. The number of hydrogen-bond acceptors (Lipinski definition) is 7. The summed E-state index contributed by atoms with van der Waals surface area (Å²) in [6, 6.07) is 8.78. The van der Waals surface area contributed by atoms with Crippen LogP contribution in [0.4, 0.5) is 20.2 Å². The van der Waals surface area contributed by atoms with E-state index in [1.807, 2.05) is 0 Å². The van der Waals surface area contributed by atoms with Gasteiger partial charge in [0.05, 0.1) is 10.7 Å². The molecule has 33 heavy (non-hydrogen) atoms. The van der Waals surface area contributed by atoms with Crippen LogP contribution in [0.25, 0.3) is 0 Å². The Labute approximate surface area is 191 Å². The lowest BCUT2D eigenvalue weighted by atomic mass is 10.2. The van der Waals surface area contributed by atoms with E-state index in [9.17, 15) is 23.7 Å². The Morgan fingerprint density at radius 1 is 1.33 bits per heavy atom. The molecule has 1 N–H and O–H groups in total. The quantitative estimate of drug-likeness (QED) is 0.199. The molecule has 9 nitrogen and oxygen atoms in total. The lowest BCUT2D eigenvalue weighted by Crippen LogP contribution is -2.16. The number of nitrogens with one attached hydrogen (secondary N) is 1. The van der Waals surface area contributed by atoms with E-state index in [-0.39, 0.29) is 29.4 Å². The standard InChI is InChI=1S/C21H19F2N5O4S/c1-3-10-27-20(13(2)32-18-9-8-14(22)11-15(18)23)25-26-21(27)33-12-19(29)24-16-6-4-5-7-17(16)28(30)31/h3-9,11,13H,1,10,12H2,2H3,(H,24,29). The molecule has 2 aromatic carbocycles. The molecule has 0 radical (unpaired) electrons. The van der Waals surface area contributed by atoms with Gasteiger partial charge in [-0.25, -0.2) is 8.78 Å². The van der Waals surface area contributed by atoms with E-state index in [0.29, 0.717) is 17.0 Å². The summed E-state index contributed by atoms with van der Waals surface area (Å²) in [6.45, 7) is 5.61. The number of nitrogens with zero attached hydrogens (tertiary/aromatic N) is 4. The molecule has 0 saturated carbocycles. The van der Waals surface area contributed by atoms with E-state index in [4.69, 9.17) is 4.74 Å². The predicted molar refractivity (Wildman–Crippen MR) is 118 cm³/mol. The number of carbonyl (C=O) groups excluding carboxylic acids is 1. The Morgan fingerprint density at radius 2 is 2.09 bits per heavy atom. The minimum Gasteiger partial charge on any atom is -0.480 e. The van der Waals surface area contributed by atoms with E-state index in [0.717, 1.165) is 17.8 Å². The fourth-order valence-corrected chi connectivity index (χ4v) is 3.63. The third-order valence-electron chi connectivity index (χ3n) is 4.33. The third-order valence-corrected chi connectivity index (χ3v) is 5.29. The maximum atomic E-state index is 13.9. The molecule has 0 aliphatic heterocycles. The second-order valence-corrected chi connectivity index (χ2v) is 7.63. The number of allylic oxidation sites excluding steroid dienone is 1. The minimum atomic E-state index is -0.849. The highest BCUT2D eigenvalue weighted by Crippen LogP contribution is 2.27. The number of para-hydroxylation sites is 2. The van der Waals surface area contributed by atoms with Crippen LogP contribution in [-0.2, 0) is 11.3 Å². The van der Waals surface area contributed by atoms with Crippen LogP contribution in [0.2, 0.25) is 0 Å². The van der Waals surface area contributed by atoms with Gasteiger partial charge < -0.3 is 10.1 Å². The summed E-state index contributed by atoms with van der Waals surface area (Å²) in [5.41, 5.74) is -0.128. The number of anilines is 1. The number of carbonyl (C=O) groups is 1. The maximum Gasteiger partial charge on any atom is 0.292 e. The van der Waals surface area contributed by atoms with Gasteiger partial charge in [-0.05, 0) is 25.1 Å². The number of benzene rings is 2. The average molecular weight is 475 g/mol. The first-order valence-corrected chi connectivity index (χ1v) is 10.6. The van der Waals surface area contributed by atoms with Gasteiger partial charge in [-0.1, -0.05) is 30.0 Å². The minimum absolute atomic E-state index is 0.0877. The molecule has 12 heteroatoms. The topological polar surface area (TPSA) is 112 Å². The van der Waals surface area contributed by atoms with Crippen LogP contribution in [0.3, 0.4) is 0 Å². The molecule has 172 valence electrons. The number of aromatic nitrogens is 3. The van der Waals surface area contributed by atoms with Gasteiger partial charge in [0.2, 0.25) is 5.91 Å². The Hall–Kier alpha value is -3.80. The van der Waals surface area contributed by atoms with Crippen LogP contribution in [0.15, 0.2) is 60.3 Å². The zero-order chi connectivity index (χ0) is 24.0. The van der Waals surface area contributed by atoms with Crippen molar-refractivity contribution in [1.29, 1.82) is 0 Å². The lowest BCUT2D eigenvalue weighted by Gasteiger charge is -2.16. The van der Waals surface area contributed by atoms with Crippen molar-refractivity contribution in [3.8, 4) is 5.75 Å². The van der Waals surface area contributed by atoms with Gasteiger partial charge in [0.25, 0.3) is 5.69 Å². The first-order chi connectivity index (χ1) is 15.8. The molecule has 3 rings (SSSR count). The van der Waals surface area contributed by atoms with Crippen molar-refractivity contribution >= 4 is 29.0 Å². The average Bonchev–Trinajstić information content (AvgIpc) is 3.17. The predicted octanol–water partition coefficient (Wildman–Crippen LogP) is 4.52. The van der Waals surface area contributed by atoms with Gasteiger partial charge in [0.1, 0.15) is 11.5 Å². The lowest BCUT2D eigenvalue weighted by molar-refractivity contribution is -0.383. The van der Waals surface area contributed by atoms with Crippen LogP contribution in [-0.4, -0.2) is 31.3 Å². The molecule has 0 bridgehead atoms. The molecule has 1 unspecified atom stereocenters. The van der Waals surface area contributed by atoms with Crippen LogP contribution >= 0.6 is 11.8 Å². The Morgan fingerprint density at radius 3 is 2.79 bits per heavy atom. The first kappa shape index (κ1) is 23.9. The number of ether oxygens (including phenoxy) is 1. The summed E-state index contributed by atoms with van der Waals surface area (Å²) in [4.78, 5) is 22.9. The summed E-state index contributed by atoms with van der Waals surface area (Å²) >= 11 is 1.06. The zero-order valence-corrected chi connectivity index (χ0v) is 18.2. The molecule has 1 atom stereocenters. The Kier molecular flexibility index (Phi) is 7.72. The van der Waals surface area contributed by atoms with E-state index in [1.165, 1.54) is 24.3 Å². The van der Waals surface area contributed by atoms with Crippen molar-refractivity contribution in [2.75, 3.05) is 11.1 Å². The molecular weight excluding hydrogens is 456 g/mol. The number of rotatable bonds is 10. The Bertz CT molecular complexity index is 1190. The molecule has 3 aromatic rings. The molecule has 0 aliphatic rings. The normalized spacial score (nSPS) is 11.6. The van der Waals surface area contributed by atoms with Crippen LogP contribution in [0.1, 0.15) is 18.9 Å². The number of halogens is 2. The molecule has 1 amide bonds. The van der Waals surface area contributed by atoms with Crippen molar-refractivity contribution in [3.63, 3.8) is 0 Å². The van der Waals surface area contributed by atoms with Crippen molar-refractivity contribution in [1.82, 2.24) is 14.8 Å². The third kappa shape index (κ3) is 5.92. The summed E-state index contributed by atoms with van der Waals surface area (Å²) in [5.74, 6) is -1.93. The molecule has 1 heterocycles. The molecule has 1 aromatic heterocycles. The highest BCUT2D eigenvalue weighted by molar-refractivity contribution is 7.99. The number of hydrogen-bond donors (Lipinski definition) is 1. The summed E-state index contributed by atoms with van der Waals surface area (Å²) < 4.78 is 34.3. The van der Waals surface area contributed by atoms with Crippen molar-refractivity contribution in [2.45, 2.75) is 24.7 Å². The SMILES string of the molecule is C=CCn1c(SCC(=O)Nc2ccccc2[N+](=O)[O-])nnc1C(C)Oc1ccc(F)cc1F. The summed E-state index contributed by atoms with van der Waals surface area (Å²) in [6.07, 6.45) is 0.850. The summed E-state index contributed by atoms with van der Waals surface area (Å²) in [5, 5.41) is 22.1. The van der Waals surface area contributed by atoms with Crippen LogP contribution < -0.4 is 10.1 Å². The van der Waals surface area contributed by atoms with E-state index >= 15 is 0 Å². The fraction of sp³-hybridized carbons (Fsp3) is 0.190. The molecule has 0 spiro atoms. The van der Waals surface area contributed by atoms with Gasteiger partial charge in [-0.15, -0.1) is 16.8 Å². The zero-order valence-electron chi connectivity index (χ0n) is 17.4. The number of amides is 1. The Balaban J connectivity index is 1.71.